The van der Waals surface area contributed by atoms with Crippen LogP contribution in [-0.2, 0) is 0 Å². The van der Waals surface area contributed by atoms with E-state index in [1.165, 1.54) is 0 Å². The molecule has 0 atom stereocenters. The Morgan fingerprint density at radius 3 is 2.72 bits per heavy atom. The molecular formula is C13H22N4O. The molecular weight excluding hydrogens is 228 g/mol. The number of likely N-dealkylation sites (tertiary alicyclic amines) is 1. The number of hydrogen-bond donors (Lipinski definition) is 2. The fraction of sp³-hybridized carbons (Fsp3) is 0.692. The number of aromatic amines is 1. The van der Waals surface area contributed by atoms with Gasteiger partial charge in [0.1, 0.15) is 5.56 Å². The van der Waals surface area contributed by atoms with E-state index >= 15 is 0 Å². The molecule has 0 radical (unpaired) electrons. The number of nitrogen functional groups attached to an aromatic ring is 1. The van der Waals surface area contributed by atoms with Crippen LogP contribution in [0.4, 0.5) is 5.82 Å². The number of rotatable bonds is 1. The van der Waals surface area contributed by atoms with Gasteiger partial charge in [0.15, 0.2) is 5.82 Å². The fourth-order valence-electron chi connectivity index (χ4n) is 2.50. The molecule has 18 heavy (non-hydrogen) atoms. The quantitative estimate of drug-likeness (QED) is 0.800. The summed E-state index contributed by atoms with van der Waals surface area (Å²) in [6.07, 6.45) is 3.25. The van der Waals surface area contributed by atoms with Crippen LogP contribution < -0.4 is 5.73 Å². The topological polar surface area (TPSA) is 75.0 Å². The maximum atomic E-state index is 12.5. The lowest BCUT2D eigenvalue weighted by molar-refractivity contribution is 0.0758. The molecule has 1 aliphatic rings. The van der Waals surface area contributed by atoms with Gasteiger partial charge in [0.2, 0.25) is 0 Å². The molecule has 0 unspecified atom stereocenters. The van der Waals surface area contributed by atoms with Crippen molar-refractivity contribution in [2.45, 2.75) is 40.0 Å². The number of nitrogens with zero attached hydrogens (tertiary/aromatic N) is 2. The van der Waals surface area contributed by atoms with Gasteiger partial charge in [0, 0.05) is 18.8 Å². The van der Waals surface area contributed by atoms with E-state index in [-0.39, 0.29) is 5.91 Å². The summed E-state index contributed by atoms with van der Waals surface area (Å²) in [7, 11) is 0. The second-order valence-corrected chi connectivity index (χ2v) is 5.92. The second kappa shape index (κ2) is 4.63. The minimum Gasteiger partial charge on any atom is -0.382 e. The summed E-state index contributed by atoms with van der Waals surface area (Å²) < 4.78 is 0. The predicted molar refractivity (Wildman–Crippen MR) is 71.3 cm³/mol. The fourth-order valence-corrected chi connectivity index (χ4v) is 2.50. The van der Waals surface area contributed by atoms with Crippen molar-refractivity contribution in [3.05, 3.63) is 11.3 Å². The summed E-state index contributed by atoms with van der Waals surface area (Å²) in [5.74, 6) is 0.317. The average molecular weight is 250 g/mol. The smallest absolute Gasteiger partial charge is 0.259 e. The van der Waals surface area contributed by atoms with Gasteiger partial charge in [0.25, 0.3) is 5.91 Å². The van der Waals surface area contributed by atoms with E-state index < -0.39 is 0 Å². The number of carbonyl (C=O) groups is 1. The number of nitrogens with one attached hydrogen (secondary N) is 1. The van der Waals surface area contributed by atoms with Crippen molar-refractivity contribution < 1.29 is 4.79 Å². The summed E-state index contributed by atoms with van der Waals surface area (Å²) in [6, 6.07) is 0. The number of anilines is 1. The zero-order valence-corrected chi connectivity index (χ0v) is 11.4. The molecule has 0 aliphatic carbocycles. The third kappa shape index (κ3) is 2.49. The summed E-state index contributed by atoms with van der Waals surface area (Å²) in [6.45, 7) is 7.97. The van der Waals surface area contributed by atoms with Gasteiger partial charge in [-0.15, -0.1) is 0 Å². The first-order valence-electron chi connectivity index (χ1n) is 6.50. The van der Waals surface area contributed by atoms with Gasteiger partial charge in [0.05, 0.1) is 0 Å². The first kappa shape index (κ1) is 12.9. The van der Waals surface area contributed by atoms with E-state index in [1.807, 2.05) is 11.8 Å². The minimum absolute atomic E-state index is 0.0106. The van der Waals surface area contributed by atoms with Crippen LogP contribution in [-0.4, -0.2) is 34.1 Å². The molecule has 5 heteroatoms. The van der Waals surface area contributed by atoms with Crippen LogP contribution in [0, 0.1) is 12.3 Å². The molecule has 0 aromatic carbocycles. The molecule has 0 bridgehead atoms. The maximum absolute atomic E-state index is 12.5. The maximum Gasteiger partial charge on any atom is 0.259 e. The SMILES string of the molecule is Cc1[nH]nc(N)c1C(=O)N1CCCC(C)(C)CC1. The lowest BCUT2D eigenvalue weighted by Gasteiger charge is -2.23. The summed E-state index contributed by atoms with van der Waals surface area (Å²) >= 11 is 0. The number of H-pyrrole nitrogens is 1. The molecule has 1 aromatic rings. The monoisotopic (exact) mass is 250 g/mol. The zero-order chi connectivity index (χ0) is 13.3. The van der Waals surface area contributed by atoms with Gasteiger partial charge in [-0.25, -0.2) is 0 Å². The molecule has 3 N–H and O–H groups in total. The summed E-state index contributed by atoms with van der Waals surface area (Å²) in [4.78, 5) is 14.4. The van der Waals surface area contributed by atoms with Crippen molar-refractivity contribution in [1.29, 1.82) is 0 Å². The van der Waals surface area contributed by atoms with Crippen molar-refractivity contribution in [1.82, 2.24) is 15.1 Å². The summed E-state index contributed by atoms with van der Waals surface area (Å²) in [5.41, 5.74) is 7.36. The Labute approximate surface area is 108 Å². The first-order chi connectivity index (χ1) is 8.41. The zero-order valence-electron chi connectivity index (χ0n) is 11.4. The summed E-state index contributed by atoms with van der Waals surface area (Å²) in [5, 5.41) is 6.66. The van der Waals surface area contributed by atoms with Gasteiger partial charge in [-0.2, -0.15) is 5.10 Å². The van der Waals surface area contributed by atoms with Gasteiger partial charge in [-0.05, 0) is 31.6 Å². The molecule has 1 aliphatic heterocycles. The predicted octanol–water partition coefficient (Wildman–Crippen LogP) is 1.95. The number of aryl methyl sites for hydroxylation is 1. The second-order valence-electron chi connectivity index (χ2n) is 5.92. The third-order valence-corrected chi connectivity index (χ3v) is 3.82. The highest BCUT2D eigenvalue weighted by Crippen LogP contribution is 2.30. The molecule has 0 saturated carbocycles. The first-order valence-corrected chi connectivity index (χ1v) is 6.50. The molecule has 5 nitrogen and oxygen atoms in total. The van der Waals surface area contributed by atoms with Crippen molar-refractivity contribution in [3.63, 3.8) is 0 Å². The van der Waals surface area contributed by atoms with E-state index in [0.29, 0.717) is 16.8 Å². The number of carbonyl (C=O) groups excluding carboxylic acids is 1. The van der Waals surface area contributed by atoms with Crippen molar-refractivity contribution in [3.8, 4) is 0 Å². The number of hydrogen-bond acceptors (Lipinski definition) is 3. The highest BCUT2D eigenvalue weighted by atomic mass is 16.2. The molecule has 0 spiro atoms. The van der Waals surface area contributed by atoms with Crippen molar-refractivity contribution >= 4 is 11.7 Å². The Bertz CT molecular complexity index is 430. The minimum atomic E-state index is 0.0106. The van der Waals surface area contributed by atoms with Crippen molar-refractivity contribution in [2.24, 2.45) is 5.41 Å². The standard InChI is InChI=1S/C13H22N4O/c1-9-10(11(14)16-15-9)12(18)17-7-4-5-13(2,3)6-8-17/h4-8H2,1-3H3,(H3,14,15,16). The lowest BCUT2D eigenvalue weighted by Crippen LogP contribution is -2.33. The average Bonchev–Trinajstić information content (AvgIpc) is 2.51. The highest BCUT2D eigenvalue weighted by Gasteiger charge is 2.28. The Balaban J connectivity index is 2.15. The van der Waals surface area contributed by atoms with Crippen molar-refractivity contribution in [2.75, 3.05) is 18.8 Å². The van der Waals surface area contributed by atoms with Crippen LogP contribution >= 0.6 is 0 Å². The molecule has 2 rings (SSSR count). The Kier molecular flexibility index (Phi) is 3.32. The van der Waals surface area contributed by atoms with E-state index in [4.69, 9.17) is 5.73 Å². The van der Waals surface area contributed by atoms with Crippen LogP contribution in [0.25, 0.3) is 0 Å². The molecule has 1 fully saturated rings. The molecule has 1 amide bonds. The van der Waals surface area contributed by atoms with Gasteiger partial charge in [-0.3, -0.25) is 9.89 Å². The van der Waals surface area contributed by atoms with E-state index in [9.17, 15) is 4.79 Å². The molecule has 100 valence electrons. The molecule has 1 aromatic heterocycles. The largest absolute Gasteiger partial charge is 0.382 e. The normalized spacial score (nSPS) is 19.6. The van der Waals surface area contributed by atoms with Gasteiger partial charge >= 0.3 is 0 Å². The Morgan fingerprint density at radius 1 is 1.39 bits per heavy atom. The highest BCUT2D eigenvalue weighted by molar-refractivity contribution is 5.99. The van der Waals surface area contributed by atoms with Crippen LogP contribution in [0.3, 0.4) is 0 Å². The van der Waals surface area contributed by atoms with Crippen LogP contribution in [0.2, 0.25) is 0 Å². The van der Waals surface area contributed by atoms with Gasteiger partial charge in [-0.1, -0.05) is 13.8 Å². The van der Waals surface area contributed by atoms with Crippen LogP contribution in [0.5, 0.6) is 0 Å². The van der Waals surface area contributed by atoms with E-state index in [2.05, 4.69) is 24.0 Å². The van der Waals surface area contributed by atoms with Crippen LogP contribution in [0.15, 0.2) is 0 Å². The van der Waals surface area contributed by atoms with E-state index in [1.54, 1.807) is 0 Å². The van der Waals surface area contributed by atoms with Crippen LogP contribution in [0.1, 0.15) is 49.2 Å². The number of amides is 1. The molecule has 2 heterocycles. The van der Waals surface area contributed by atoms with Gasteiger partial charge < -0.3 is 10.6 Å². The lowest BCUT2D eigenvalue weighted by atomic mass is 9.85. The molecule has 1 saturated heterocycles. The number of aromatic nitrogens is 2. The Morgan fingerprint density at radius 2 is 2.11 bits per heavy atom. The Hall–Kier alpha value is -1.52. The third-order valence-electron chi connectivity index (χ3n) is 3.82. The number of nitrogens with two attached hydrogens (primary N) is 1. The van der Waals surface area contributed by atoms with E-state index in [0.717, 1.165) is 38.0 Å².